The zero-order chi connectivity index (χ0) is 19.2. The monoisotopic (exact) mass is 362 g/mol. The first-order chi connectivity index (χ1) is 13.1. The maximum atomic E-state index is 12.7. The minimum atomic E-state index is -0.211. The third-order valence-corrected chi connectivity index (χ3v) is 4.58. The molecule has 0 bridgehead atoms. The predicted octanol–water partition coefficient (Wildman–Crippen LogP) is 2.91. The van der Waals surface area contributed by atoms with Crippen molar-refractivity contribution < 1.29 is 9.59 Å². The van der Waals surface area contributed by atoms with Crippen LogP contribution in [0, 0.1) is 0 Å². The topological polar surface area (TPSA) is 75.2 Å². The molecule has 0 saturated heterocycles. The van der Waals surface area contributed by atoms with Gasteiger partial charge in [0.1, 0.15) is 5.69 Å². The first kappa shape index (κ1) is 18.5. The van der Waals surface area contributed by atoms with Crippen LogP contribution in [0.25, 0.3) is 10.9 Å². The van der Waals surface area contributed by atoms with Crippen molar-refractivity contribution in [3.05, 3.63) is 72.2 Å². The smallest absolute Gasteiger partial charge is 0.269 e. The van der Waals surface area contributed by atoms with E-state index in [0.717, 1.165) is 10.9 Å². The van der Waals surface area contributed by atoms with Gasteiger partial charge in [0.15, 0.2) is 0 Å². The SMILES string of the molecule is CC(CCNC(=O)c1ccccn1)N(C)C(=O)c1ccc2cccnc2c1. The van der Waals surface area contributed by atoms with Gasteiger partial charge in [0, 0.05) is 43.0 Å². The van der Waals surface area contributed by atoms with Gasteiger partial charge in [-0.3, -0.25) is 19.6 Å². The highest BCUT2D eigenvalue weighted by Crippen LogP contribution is 2.15. The van der Waals surface area contributed by atoms with Crippen molar-refractivity contribution in [2.75, 3.05) is 13.6 Å². The summed E-state index contributed by atoms with van der Waals surface area (Å²) in [6, 6.07) is 14.5. The molecule has 138 valence electrons. The fourth-order valence-electron chi connectivity index (χ4n) is 2.78. The summed E-state index contributed by atoms with van der Waals surface area (Å²) >= 11 is 0. The highest BCUT2D eigenvalue weighted by molar-refractivity contribution is 5.97. The molecule has 2 aromatic heterocycles. The Morgan fingerprint density at radius 2 is 1.89 bits per heavy atom. The Morgan fingerprint density at radius 3 is 2.67 bits per heavy atom. The number of hydrogen-bond acceptors (Lipinski definition) is 4. The van der Waals surface area contributed by atoms with E-state index in [1.165, 1.54) is 0 Å². The Balaban J connectivity index is 1.56. The van der Waals surface area contributed by atoms with Crippen molar-refractivity contribution in [1.29, 1.82) is 0 Å². The Labute approximate surface area is 158 Å². The van der Waals surface area contributed by atoms with Gasteiger partial charge in [-0.2, -0.15) is 0 Å². The van der Waals surface area contributed by atoms with E-state index in [2.05, 4.69) is 15.3 Å². The summed E-state index contributed by atoms with van der Waals surface area (Å²) < 4.78 is 0. The van der Waals surface area contributed by atoms with Crippen LogP contribution in [0.2, 0.25) is 0 Å². The Morgan fingerprint density at radius 1 is 1.07 bits per heavy atom. The van der Waals surface area contributed by atoms with E-state index in [1.54, 1.807) is 42.5 Å². The lowest BCUT2D eigenvalue weighted by molar-refractivity contribution is 0.0737. The van der Waals surface area contributed by atoms with Crippen molar-refractivity contribution in [2.24, 2.45) is 0 Å². The molecule has 6 nitrogen and oxygen atoms in total. The van der Waals surface area contributed by atoms with Crippen LogP contribution >= 0.6 is 0 Å². The van der Waals surface area contributed by atoms with Crippen LogP contribution in [-0.4, -0.2) is 46.3 Å². The molecule has 0 fully saturated rings. The lowest BCUT2D eigenvalue weighted by Crippen LogP contribution is -2.38. The van der Waals surface area contributed by atoms with Crippen molar-refractivity contribution in [2.45, 2.75) is 19.4 Å². The van der Waals surface area contributed by atoms with E-state index < -0.39 is 0 Å². The molecule has 1 unspecified atom stereocenters. The van der Waals surface area contributed by atoms with Crippen LogP contribution in [0.3, 0.4) is 0 Å². The number of amides is 2. The summed E-state index contributed by atoms with van der Waals surface area (Å²) in [6.07, 6.45) is 3.95. The fourth-order valence-corrected chi connectivity index (χ4v) is 2.78. The Bertz CT molecular complexity index is 943. The highest BCUT2D eigenvalue weighted by Gasteiger charge is 2.18. The summed E-state index contributed by atoms with van der Waals surface area (Å²) in [5.41, 5.74) is 1.79. The third kappa shape index (κ3) is 4.47. The molecule has 0 radical (unpaired) electrons. The minimum absolute atomic E-state index is 0.0269. The number of aromatic nitrogens is 2. The standard InChI is InChI=1S/C21H22N4O2/c1-15(10-13-24-20(26)18-7-3-4-11-22-18)25(2)21(27)17-9-8-16-6-5-12-23-19(16)14-17/h3-9,11-12,14-15H,10,13H2,1-2H3,(H,24,26). The molecule has 6 heteroatoms. The number of fused-ring (bicyclic) bond motifs is 1. The van der Waals surface area contributed by atoms with Crippen LogP contribution in [0.4, 0.5) is 0 Å². The van der Waals surface area contributed by atoms with E-state index in [0.29, 0.717) is 24.2 Å². The van der Waals surface area contributed by atoms with Crippen LogP contribution in [0.5, 0.6) is 0 Å². The van der Waals surface area contributed by atoms with Crippen LogP contribution in [-0.2, 0) is 0 Å². The molecule has 0 spiro atoms. The molecule has 1 aromatic carbocycles. The summed E-state index contributed by atoms with van der Waals surface area (Å²) in [5.74, 6) is -0.275. The maximum Gasteiger partial charge on any atom is 0.269 e. The van der Waals surface area contributed by atoms with Gasteiger partial charge in [0.25, 0.3) is 11.8 Å². The number of benzene rings is 1. The Kier molecular flexibility index (Phi) is 5.76. The second kappa shape index (κ2) is 8.40. The molecule has 3 rings (SSSR count). The zero-order valence-electron chi connectivity index (χ0n) is 15.4. The van der Waals surface area contributed by atoms with Gasteiger partial charge in [0.05, 0.1) is 5.52 Å². The number of nitrogens with one attached hydrogen (secondary N) is 1. The first-order valence-electron chi connectivity index (χ1n) is 8.87. The second-order valence-electron chi connectivity index (χ2n) is 6.44. The second-order valence-corrected chi connectivity index (χ2v) is 6.44. The van der Waals surface area contributed by atoms with E-state index in [9.17, 15) is 9.59 Å². The van der Waals surface area contributed by atoms with Gasteiger partial charge in [-0.25, -0.2) is 0 Å². The molecule has 2 amide bonds. The molecule has 3 aromatic rings. The van der Waals surface area contributed by atoms with E-state index in [4.69, 9.17) is 0 Å². The van der Waals surface area contributed by atoms with Crippen LogP contribution < -0.4 is 5.32 Å². The van der Waals surface area contributed by atoms with Crippen molar-refractivity contribution >= 4 is 22.7 Å². The van der Waals surface area contributed by atoms with Gasteiger partial charge < -0.3 is 10.2 Å². The molecule has 0 aliphatic carbocycles. The summed E-state index contributed by atoms with van der Waals surface area (Å²) in [7, 11) is 1.77. The van der Waals surface area contributed by atoms with Gasteiger partial charge in [-0.1, -0.05) is 18.2 Å². The highest BCUT2D eigenvalue weighted by atomic mass is 16.2. The van der Waals surface area contributed by atoms with Crippen LogP contribution in [0.1, 0.15) is 34.2 Å². The predicted molar refractivity (Wildman–Crippen MR) is 104 cm³/mol. The van der Waals surface area contributed by atoms with Crippen molar-refractivity contribution in [3.8, 4) is 0 Å². The molecule has 0 saturated carbocycles. The lowest BCUT2D eigenvalue weighted by atomic mass is 10.1. The van der Waals surface area contributed by atoms with Gasteiger partial charge in [-0.05, 0) is 43.7 Å². The summed E-state index contributed by atoms with van der Waals surface area (Å²) in [4.78, 5) is 34.8. The summed E-state index contributed by atoms with van der Waals surface area (Å²) in [5, 5.41) is 3.84. The average Bonchev–Trinajstić information content (AvgIpc) is 2.72. The number of rotatable bonds is 6. The number of carbonyl (C=O) groups is 2. The molecule has 1 atom stereocenters. The lowest BCUT2D eigenvalue weighted by Gasteiger charge is -2.25. The normalized spacial score (nSPS) is 11.8. The Hall–Kier alpha value is -3.28. The largest absolute Gasteiger partial charge is 0.351 e. The first-order valence-corrected chi connectivity index (χ1v) is 8.87. The zero-order valence-corrected chi connectivity index (χ0v) is 15.4. The molecule has 0 aliphatic heterocycles. The minimum Gasteiger partial charge on any atom is -0.351 e. The molecule has 27 heavy (non-hydrogen) atoms. The van der Waals surface area contributed by atoms with Gasteiger partial charge >= 0.3 is 0 Å². The number of pyridine rings is 2. The fraction of sp³-hybridized carbons (Fsp3) is 0.238. The number of carbonyl (C=O) groups excluding carboxylic acids is 2. The molecule has 0 aliphatic rings. The number of nitrogens with zero attached hydrogens (tertiary/aromatic N) is 3. The van der Waals surface area contributed by atoms with E-state index in [-0.39, 0.29) is 17.9 Å². The van der Waals surface area contributed by atoms with E-state index in [1.807, 2.05) is 37.3 Å². The average molecular weight is 362 g/mol. The quantitative estimate of drug-likeness (QED) is 0.732. The van der Waals surface area contributed by atoms with Crippen molar-refractivity contribution in [1.82, 2.24) is 20.2 Å². The van der Waals surface area contributed by atoms with Gasteiger partial charge in [0.2, 0.25) is 0 Å². The van der Waals surface area contributed by atoms with Crippen LogP contribution in [0.15, 0.2) is 60.9 Å². The molecular formula is C21H22N4O2. The van der Waals surface area contributed by atoms with E-state index >= 15 is 0 Å². The molecule has 1 N–H and O–H groups in total. The van der Waals surface area contributed by atoms with Crippen molar-refractivity contribution in [3.63, 3.8) is 0 Å². The molecule has 2 heterocycles. The maximum absolute atomic E-state index is 12.7. The molecular weight excluding hydrogens is 340 g/mol. The van der Waals surface area contributed by atoms with Gasteiger partial charge in [-0.15, -0.1) is 0 Å². The summed E-state index contributed by atoms with van der Waals surface area (Å²) in [6.45, 7) is 2.43. The third-order valence-electron chi connectivity index (χ3n) is 4.58. The number of hydrogen-bond donors (Lipinski definition) is 1.